The largest absolute Gasteiger partial charge is 0.336 e. The predicted molar refractivity (Wildman–Crippen MR) is 81.9 cm³/mol. The highest BCUT2D eigenvalue weighted by atomic mass is 35.5. The summed E-state index contributed by atoms with van der Waals surface area (Å²) < 4.78 is 23.2. The fourth-order valence-electron chi connectivity index (χ4n) is 2.64. The molecule has 0 aliphatic carbocycles. The van der Waals surface area contributed by atoms with E-state index in [1.165, 1.54) is 12.1 Å². The van der Waals surface area contributed by atoms with E-state index in [1.54, 1.807) is 11.8 Å². The summed E-state index contributed by atoms with van der Waals surface area (Å²) in [5.74, 6) is -0.200. The van der Waals surface area contributed by atoms with Gasteiger partial charge in [-0.1, -0.05) is 11.6 Å². The van der Waals surface area contributed by atoms with Gasteiger partial charge >= 0.3 is 0 Å². The molecule has 2 N–H and O–H groups in total. The SMILES string of the molecule is Cc1c(Cl)cc(C(=O)N2CCCCC2C)cc1S(N)(=O)=O. The van der Waals surface area contributed by atoms with Crippen LogP contribution >= 0.6 is 11.6 Å². The lowest BCUT2D eigenvalue weighted by Crippen LogP contribution is -2.42. The lowest BCUT2D eigenvalue weighted by atomic mass is 10.0. The minimum absolute atomic E-state index is 0.0944. The van der Waals surface area contributed by atoms with Crippen molar-refractivity contribution < 1.29 is 13.2 Å². The lowest BCUT2D eigenvalue weighted by Gasteiger charge is -2.33. The van der Waals surface area contributed by atoms with Gasteiger partial charge in [-0.15, -0.1) is 0 Å². The van der Waals surface area contributed by atoms with Gasteiger partial charge in [0.05, 0.1) is 4.90 Å². The molecule has 1 aliphatic heterocycles. The fraction of sp³-hybridized carbons (Fsp3) is 0.500. The van der Waals surface area contributed by atoms with Gasteiger partial charge in [0.2, 0.25) is 10.0 Å². The van der Waals surface area contributed by atoms with Gasteiger partial charge < -0.3 is 4.90 Å². The van der Waals surface area contributed by atoms with Crippen LogP contribution in [-0.4, -0.2) is 31.8 Å². The monoisotopic (exact) mass is 330 g/mol. The number of hydrogen-bond donors (Lipinski definition) is 1. The molecule has 0 radical (unpaired) electrons. The van der Waals surface area contributed by atoms with Crippen molar-refractivity contribution in [1.29, 1.82) is 0 Å². The van der Waals surface area contributed by atoms with E-state index in [9.17, 15) is 13.2 Å². The molecular weight excluding hydrogens is 312 g/mol. The molecule has 1 aliphatic rings. The summed E-state index contributed by atoms with van der Waals surface area (Å²) in [5.41, 5.74) is 0.630. The highest BCUT2D eigenvalue weighted by Crippen LogP contribution is 2.27. The molecule has 0 spiro atoms. The normalized spacial score (nSPS) is 19.6. The Morgan fingerprint density at radius 3 is 2.62 bits per heavy atom. The first-order chi connectivity index (χ1) is 9.71. The number of amides is 1. The maximum absolute atomic E-state index is 12.6. The molecule has 1 heterocycles. The number of likely N-dealkylation sites (tertiary alicyclic amines) is 1. The van der Waals surface area contributed by atoms with Crippen molar-refractivity contribution in [2.45, 2.75) is 44.0 Å². The second-order valence-electron chi connectivity index (χ2n) is 5.47. The summed E-state index contributed by atoms with van der Waals surface area (Å²) >= 11 is 6.05. The molecule has 116 valence electrons. The van der Waals surface area contributed by atoms with Crippen molar-refractivity contribution in [3.63, 3.8) is 0 Å². The number of benzene rings is 1. The van der Waals surface area contributed by atoms with Crippen LogP contribution in [0.2, 0.25) is 5.02 Å². The zero-order valence-electron chi connectivity index (χ0n) is 12.1. The highest BCUT2D eigenvalue weighted by Gasteiger charge is 2.26. The van der Waals surface area contributed by atoms with Gasteiger partial charge in [0.15, 0.2) is 0 Å². The quantitative estimate of drug-likeness (QED) is 0.903. The summed E-state index contributed by atoms with van der Waals surface area (Å²) in [6.45, 7) is 4.24. The van der Waals surface area contributed by atoms with Crippen molar-refractivity contribution in [1.82, 2.24) is 4.90 Å². The third-order valence-corrected chi connectivity index (χ3v) is 5.34. The maximum atomic E-state index is 12.6. The first-order valence-electron chi connectivity index (χ1n) is 6.85. The first kappa shape index (κ1) is 16.3. The number of nitrogens with two attached hydrogens (primary N) is 1. The molecule has 5 nitrogen and oxygen atoms in total. The van der Waals surface area contributed by atoms with Crippen molar-refractivity contribution in [2.75, 3.05) is 6.54 Å². The average Bonchev–Trinajstić information content (AvgIpc) is 2.40. The number of halogens is 1. The first-order valence-corrected chi connectivity index (χ1v) is 8.78. The van der Waals surface area contributed by atoms with Crippen LogP contribution < -0.4 is 5.14 Å². The average molecular weight is 331 g/mol. The number of hydrogen-bond acceptors (Lipinski definition) is 3. The van der Waals surface area contributed by atoms with Crippen LogP contribution in [0.4, 0.5) is 0 Å². The van der Waals surface area contributed by atoms with Gasteiger partial charge in [0, 0.05) is 23.2 Å². The fourth-order valence-corrected chi connectivity index (χ4v) is 3.74. The van der Waals surface area contributed by atoms with E-state index in [1.807, 2.05) is 6.92 Å². The Labute approximate surface area is 130 Å². The summed E-state index contributed by atoms with van der Waals surface area (Å²) in [5, 5.41) is 5.42. The zero-order valence-corrected chi connectivity index (χ0v) is 13.7. The summed E-state index contributed by atoms with van der Waals surface area (Å²) in [6.07, 6.45) is 3.01. The number of rotatable bonds is 2. The standard InChI is InChI=1S/C14H19ClN2O3S/c1-9-5-3-4-6-17(9)14(18)11-7-12(15)10(2)13(8-11)21(16,19)20/h7-9H,3-6H2,1-2H3,(H2,16,19,20). The van der Waals surface area contributed by atoms with Gasteiger partial charge in [-0.3, -0.25) is 4.79 Å². The predicted octanol–water partition coefficient (Wildman–Crippen LogP) is 2.31. The molecule has 1 aromatic carbocycles. The molecule has 2 rings (SSSR count). The van der Waals surface area contributed by atoms with E-state index in [0.29, 0.717) is 12.1 Å². The van der Waals surface area contributed by atoms with Crippen LogP contribution in [0, 0.1) is 6.92 Å². The van der Waals surface area contributed by atoms with Gasteiger partial charge in [-0.2, -0.15) is 0 Å². The Morgan fingerprint density at radius 1 is 1.38 bits per heavy atom. The van der Waals surface area contributed by atoms with Gasteiger partial charge in [-0.05, 0) is 50.8 Å². The van der Waals surface area contributed by atoms with E-state index in [4.69, 9.17) is 16.7 Å². The van der Waals surface area contributed by atoms with Crippen LogP contribution in [0.3, 0.4) is 0 Å². The number of carbonyl (C=O) groups excluding carboxylic acids is 1. The Bertz CT molecular complexity index is 673. The number of nitrogens with zero attached hydrogens (tertiary/aromatic N) is 1. The molecule has 7 heteroatoms. The number of sulfonamides is 1. The molecule has 1 aromatic rings. The van der Waals surface area contributed by atoms with Crippen molar-refractivity contribution in [3.05, 3.63) is 28.3 Å². The van der Waals surface area contributed by atoms with Gasteiger partial charge in [-0.25, -0.2) is 13.6 Å². The lowest BCUT2D eigenvalue weighted by molar-refractivity contribution is 0.0635. The van der Waals surface area contributed by atoms with Crippen molar-refractivity contribution in [3.8, 4) is 0 Å². The molecule has 1 unspecified atom stereocenters. The molecule has 0 saturated carbocycles. The smallest absolute Gasteiger partial charge is 0.254 e. The van der Waals surface area contributed by atoms with E-state index in [2.05, 4.69) is 0 Å². The van der Waals surface area contributed by atoms with Crippen LogP contribution in [0.5, 0.6) is 0 Å². The summed E-state index contributed by atoms with van der Waals surface area (Å²) in [6, 6.07) is 2.97. The second-order valence-corrected chi connectivity index (χ2v) is 7.41. The summed E-state index contributed by atoms with van der Waals surface area (Å²) in [4.78, 5) is 14.3. The third kappa shape index (κ3) is 3.39. The van der Waals surface area contributed by atoms with Crippen LogP contribution in [-0.2, 0) is 10.0 Å². The molecule has 21 heavy (non-hydrogen) atoms. The molecule has 1 amide bonds. The molecule has 0 aromatic heterocycles. The van der Waals surface area contributed by atoms with Crippen LogP contribution in [0.1, 0.15) is 42.1 Å². The molecule has 0 bridgehead atoms. The van der Waals surface area contributed by atoms with Crippen molar-refractivity contribution in [2.24, 2.45) is 5.14 Å². The Hall–Kier alpha value is -1.11. The number of primary sulfonamides is 1. The highest BCUT2D eigenvalue weighted by molar-refractivity contribution is 7.89. The van der Waals surface area contributed by atoms with Gasteiger partial charge in [0.25, 0.3) is 5.91 Å². The van der Waals surface area contributed by atoms with Crippen LogP contribution in [0.25, 0.3) is 0 Å². The molecule has 1 atom stereocenters. The minimum Gasteiger partial charge on any atom is -0.336 e. The van der Waals surface area contributed by atoms with E-state index < -0.39 is 10.0 Å². The second kappa shape index (κ2) is 5.94. The van der Waals surface area contributed by atoms with Gasteiger partial charge in [0.1, 0.15) is 0 Å². The van der Waals surface area contributed by atoms with Crippen LogP contribution in [0.15, 0.2) is 17.0 Å². The van der Waals surface area contributed by atoms with E-state index in [-0.39, 0.29) is 27.4 Å². The zero-order chi connectivity index (χ0) is 15.8. The molecule has 1 saturated heterocycles. The summed E-state index contributed by atoms with van der Waals surface area (Å²) in [7, 11) is -3.91. The molecular formula is C14H19ClN2O3S. The topological polar surface area (TPSA) is 80.5 Å². The molecule has 1 fully saturated rings. The third-order valence-electron chi connectivity index (χ3n) is 3.91. The maximum Gasteiger partial charge on any atom is 0.254 e. The minimum atomic E-state index is -3.91. The Kier molecular flexibility index (Phi) is 4.60. The Morgan fingerprint density at radius 2 is 2.05 bits per heavy atom. The number of piperidine rings is 1. The van der Waals surface area contributed by atoms with E-state index >= 15 is 0 Å². The van der Waals surface area contributed by atoms with Crippen molar-refractivity contribution >= 4 is 27.5 Å². The number of carbonyl (C=O) groups is 1. The van der Waals surface area contributed by atoms with E-state index in [0.717, 1.165) is 19.3 Å². The Balaban J connectivity index is 2.45.